The van der Waals surface area contributed by atoms with E-state index in [2.05, 4.69) is 16.6 Å². The summed E-state index contributed by atoms with van der Waals surface area (Å²) in [7, 11) is -3.57. The van der Waals surface area contributed by atoms with Gasteiger partial charge in [-0.3, -0.25) is 4.99 Å². The number of guanidine groups is 1. The van der Waals surface area contributed by atoms with E-state index in [-0.39, 0.29) is 35.4 Å². The van der Waals surface area contributed by atoms with E-state index in [1.165, 1.54) is 12.1 Å². The minimum Gasteiger partial charge on any atom is -0.370 e. The van der Waals surface area contributed by atoms with Gasteiger partial charge in [0.05, 0.1) is 11.4 Å². The summed E-state index contributed by atoms with van der Waals surface area (Å²) in [5.74, 6) is 1.21. The maximum absolute atomic E-state index is 12.1. The third kappa shape index (κ3) is 6.38. The van der Waals surface area contributed by atoms with E-state index in [0.717, 1.165) is 31.8 Å². The van der Waals surface area contributed by atoms with Crippen molar-refractivity contribution in [2.45, 2.75) is 24.7 Å². The summed E-state index contributed by atoms with van der Waals surface area (Å²) in [6, 6.07) is 6.15. The van der Waals surface area contributed by atoms with E-state index in [0.29, 0.717) is 17.5 Å². The minimum absolute atomic E-state index is 0. The topological polar surface area (TPSA) is 87.8 Å². The van der Waals surface area contributed by atoms with Crippen molar-refractivity contribution in [3.63, 3.8) is 0 Å². The van der Waals surface area contributed by atoms with Crippen LogP contribution in [0.25, 0.3) is 0 Å². The summed E-state index contributed by atoms with van der Waals surface area (Å²) in [5.41, 5.74) is 5.96. The first-order chi connectivity index (χ1) is 10.9. The fraction of sp³-hybridized carbons (Fsp3) is 0.533. The van der Waals surface area contributed by atoms with Crippen LogP contribution in [0.5, 0.6) is 0 Å². The van der Waals surface area contributed by atoms with Gasteiger partial charge in [-0.2, -0.15) is 0 Å². The summed E-state index contributed by atoms with van der Waals surface area (Å²) in [6.07, 6.45) is 2.22. The van der Waals surface area contributed by atoms with Gasteiger partial charge in [0.1, 0.15) is 0 Å². The van der Waals surface area contributed by atoms with E-state index in [1.54, 1.807) is 12.1 Å². The van der Waals surface area contributed by atoms with Crippen molar-refractivity contribution in [3.05, 3.63) is 29.3 Å². The lowest BCUT2D eigenvalue weighted by Crippen LogP contribution is -2.42. The first kappa shape index (κ1) is 21.5. The Kier molecular flexibility index (Phi) is 8.75. The van der Waals surface area contributed by atoms with Gasteiger partial charge in [0.2, 0.25) is 10.0 Å². The number of nitrogens with two attached hydrogens (primary N) is 1. The van der Waals surface area contributed by atoms with E-state index < -0.39 is 10.0 Å². The molecule has 1 aliphatic heterocycles. The average molecular weight is 487 g/mol. The molecule has 0 bridgehead atoms. The van der Waals surface area contributed by atoms with E-state index in [4.69, 9.17) is 17.3 Å². The highest BCUT2D eigenvalue weighted by molar-refractivity contribution is 14.0. The molecule has 0 unspecified atom stereocenters. The number of hydrogen-bond donors (Lipinski definition) is 2. The molecule has 0 radical (unpaired) electrons. The molecule has 1 aliphatic rings. The van der Waals surface area contributed by atoms with Crippen molar-refractivity contribution in [1.29, 1.82) is 0 Å². The predicted octanol–water partition coefficient (Wildman–Crippen LogP) is 2.28. The molecular weight excluding hydrogens is 463 g/mol. The Morgan fingerprint density at radius 3 is 2.71 bits per heavy atom. The second-order valence-electron chi connectivity index (χ2n) is 5.76. The van der Waals surface area contributed by atoms with Crippen molar-refractivity contribution >= 4 is 51.6 Å². The zero-order valence-corrected chi connectivity index (χ0v) is 17.5. The predicted molar refractivity (Wildman–Crippen MR) is 109 cm³/mol. The van der Waals surface area contributed by atoms with Crippen LogP contribution in [0.3, 0.4) is 0 Å². The standard InChI is InChI=1S/C15H23ClN4O2S.HI/c1-12-5-9-20(10-6-12)15(17)18-7-8-19-23(21,22)14-4-2-3-13(16)11-14;/h2-4,11-12,19H,5-10H2,1H3,(H2,17,18);1H. The molecule has 6 nitrogen and oxygen atoms in total. The van der Waals surface area contributed by atoms with Gasteiger partial charge >= 0.3 is 0 Å². The van der Waals surface area contributed by atoms with Crippen LogP contribution in [-0.2, 0) is 10.0 Å². The number of hydrogen-bond acceptors (Lipinski definition) is 3. The van der Waals surface area contributed by atoms with Crippen LogP contribution >= 0.6 is 35.6 Å². The highest BCUT2D eigenvalue weighted by Crippen LogP contribution is 2.16. The van der Waals surface area contributed by atoms with Crippen LogP contribution in [0, 0.1) is 5.92 Å². The van der Waals surface area contributed by atoms with E-state index in [1.807, 2.05) is 4.90 Å². The number of likely N-dealkylation sites (tertiary alicyclic amines) is 1. The van der Waals surface area contributed by atoms with E-state index >= 15 is 0 Å². The second-order valence-corrected chi connectivity index (χ2v) is 7.97. The Balaban J connectivity index is 0.00000288. The van der Waals surface area contributed by atoms with Crippen molar-refractivity contribution < 1.29 is 8.42 Å². The summed E-state index contributed by atoms with van der Waals surface area (Å²) >= 11 is 5.81. The molecule has 0 atom stereocenters. The fourth-order valence-corrected chi connectivity index (χ4v) is 3.73. The molecule has 136 valence electrons. The molecule has 1 fully saturated rings. The highest BCUT2D eigenvalue weighted by Gasteiger charge is 2.17. The van der Waals surface area contributed by atoms with Gasteiger partial charge in [-0.1, -0.05) is 24.6 Å². The number of nitrogens with one attached hydrogen (secondary N) is 1. The normalized spacial score (nSPS) is 16.8. The average Bonchev–Trinajstić information content (AvgIpc) is 2.52. The number of benzene rings is 1. The number of halogens is 2. The number of rotatable bonds is 5. The minimum atomic E-state index is -3.57. The van der Waals surface area contributed by atoms with Crippen molar-refractivity contribution in [3.8, 4) is 0 Å². The van der Waals surface area contributed by atoms with Crippen LogP contribution in [0.2, 0.25) is 5.02 Å². The van der Waals surface area contributed by atoms with Crippen molar-refractivity contribution in [2.24, 2.45) is 16.6 Å². The molecule has 9 heteroatoms. The van der Waals surface area contributed by atoms with Crippen LogP contribution < -0.4 is 10.5 Å². The molecule has 0 saturated carbocycles. The van der Waals surface area contributed by atoms with Gasteiger partial charge in [-0.15, -0.1) is 24.0 Å². The van der Waals surface area contributed by atoms with Crippen molar-refractivity contribution in [2.75, 3.05) is 26.2 Å². The maximum atomic E-state index is 12.1. The molecule has 1 aromatic carbocycles. The molecule has 1 saturated heterocycles. The van der Waals surface area contributed by atoms with Crippen molar-refractivity contribution in [1.82, 2.24) is 9.62 Å². The Morgan fingerprint density at radius 2 is 2.08 bits per heavy atom. The molecule has 3 N–H and O–H groups in total. The first-order valence-corrected chi connectivity index (χ1v) is 9.55. The molecule has 24 heavy (non-hydrogen) atoms. The SMILES string of the molecule is CC1CCN(C(N)=NCCNS(=O)(=O)c2cccc(Cl)c2)CC1.I. The summed E-state index contributed by atoms with van der Waals surface area (Å²) in [6.45, 7) is 4.54. The van der Waals surface area contributed by atoms with Gasteiger partial charge in [0.25, 0.3) is 0 Å². The maximum Gasteiger partial charge on any atom is 0.240 e. The number of sulfonamides is 1. The van der Waals surface area contributed by atoms with Gasteiger partial charge in [-0.25, -0.2) is 13.1 Å². The lowest BCUT2D eigenvalue weighted by molar-refractivity contribution is 0.277. The molecule has 1 aromatic rings. The molecule has 0 amide bonds. The lowest BCUT2D eigenvalue weighted by atomic mass is 10.00. The third-order valence-electron chi connectivity index (χ3n) is 3.89. The molecule has 2 rings (SSSR count). The van der Waals surface area contributed by atoms with Gasteiger partial charge in [0.15, 0.2) is 5.96 Å². The lowest BCUT2D eigenvalue weighted by Gasteiger charge is -2.31. The smallest absolute Gasteiger partial charge is 0.240 e. The summed E-state index contributed by atoms with van der Waals surface area (Å²) in [5, 5.41) is 0.384. The Morgan fingerprint density at radius 1 is 1.42 bits per heavy atom. The van der Waals surface area contributed by atoms with Crippen LogP contribution in [-0.4, -0.2) is 45.5 Å². The molecular formula is C15H24ClIN4O2S. The van der Waals surface area contributed by atoms with Crippen LogP contribution in [0.15, 0.2) is 34.2 Å². The molecule has 0 aliphatic carbocycles. The Labute approximate surface area is 165 Å². The van der Waals surface area contributed by atoms with Gasteiger partial charge < -0.3 is 10.6 Å². The monoisotopic (exact) mass is 486 g/mol. The van der Waals surface area contributed by atoms with Crippen LogP contribution in [0.4, 0.5) is 0 Å². The van der Waals surface area contributed by atoms with Crippen LogP contribution in [0.1, 0.15) is 19.8 Å². The fourth-order valence-electron chi connectivity index (χ4n) is 2.41. The Hall–Kier alpha value is -0.580. The molecule has 0 spiro atoms. The highest BCUT2D eigenvalue weighted by atomic mass is 127. The summed E-state index contributed by atoms with van der Waals surface area (Å²) in [4.78, 5) is 6.45. The molecule has 1 heterocycles. The zero-order valence-electron chi connectivity index (χ0n) is 13.6. The first-order valence-electron chi connectivity index (χ1n) is 7.68. The van der Waals surface area contributed by atoms with E-state index in [9.17, 15) is 8.42 Å². The quantitative estimate of drug-likeness (QED) is 0.289. The third-order valence-corrected chi connectivity index (χ3v) is 5.59. The largest absolute Gasteiger partial charge is 0.370 e. The molecule has 0 aromatic heterocycles. The number of aliphatic imine (C=N–C) groups is 1. The van der Waals surface area contributed by atoms with Gasteiger partial charge in [-0.05, 0) is 37.0 Å². The number of piperidine rings is 1. The number of nitrogens with zero attached hydrogens (tertiary/aromatic N) is 2. The second kappa shape index (κ2) is 9.79. The zero-order chi connectivity index (χ0) is 16.9. The summed E-state index contributed by atoms with van der Waals surface area (Å²) < 4.78 is 26.7. The Bertz CT molecular complexity index is 661. The van der Waals surface area contributed by atoms with Gasteiger partial charge in [0, 0.05) is 24.7 Å².